The maximum Gasteiger partial charge on any atom is 0.319 e. The molecule has 2 atom stereocenters. The number of para-hydroxylation sites is 3. The molecule has 2 amide bonds. The van der Waals surface area contributed by atoms with E-state index in [1.165, 1.54) is 4.31 Å². The Morgan fingerprint density at radius 3 is 2.40 bits per heavy atom. The standard InChI is InChI=1S/C21H27N3O5S/c1-16-14-24(15-17(2)28-16)30(26,27)13-12-22-21(25)23-19-10-6-7-11-20(19)29-18-8-4-3-5-9-18/h3-11,16-17H,12-15H2,1-2H3,(H2,22,23,25)/t16-,17-/m0/s1. The van der Waals surface area contributed by atoms with Crippen LogP contribution in [0.1, 0.15) is 13.8 Å². The zero-order valence-electron chi connectivity index (χ0n) is 17.1. The van der Waals surface area contributed by atoms with Crippen molar-refractivity contribution in [3.8, 4) is 11.5 Å². The summed E-state index contributed by atoms with van der Waals surface area (Å²) < 4.78 is 37.9. The van der Waals surface area contributed by atoms with E-state index in [9.17, 15) is 13.2 Å². The fraction of sp³-hybridized carbons (Fsp3) is 0.381. The number of nitrogens with one attached hydrogen (secondary N) is 2. The summed E-state index contributed by atoms with van der Waals surface area (Å²) in [6.07, 6.45) is -0.304. The van der Waals surface area contributed by atoms with E-state index >= 15 is 0 Å². The molecule has 2 aromatic carbocycles. The van der Waals surface area contributed by atoms with E-state index in [1.54, 1.807) is 24.3 Å². The quantitative estimate of drug-likeness (QED) is 0.700. The molecule has 1 aliphatic heterocycles. The highest BCUT2D eigenvalue weighted by atomic mass is 32.2. The minimum atomic E-state index is -3.48. The zero-order valence-corrected chi connectivity index (χ0v) is 17.9. The fourth-order valence-corrected chi connectivity index (χ4v) is 4.71. The van der Waals surface area contributed by atoms with Crippen molar-refractivity contribution >= 4 is 21.7 Å². The summed E-state index contributed by atoms with van der Waals surface area (Å²) in [5.41, 5.74) is 0.484. The van der Waals surface area contributed by atoms with Crippen LogP contribution in [0.4, 0.5) is 10.5 Å². The van der Waals surface area contributed by atoms with E-state index in [0.29, 0.717) is 30.3 Å². The molecule has 1 fully saturated rings. The second-order valence-electron chi connectivity index (χ2n) is 7.18. The molecule has 9 heteroatoms. The molecular formula is C21H27N3O5S. The number of rotatable bonds is 7. The van der Waals surface area contributed by atoms with Gasteiger partial charge in [0.25, 0.3) is 0 Å². The van der Waals surface area contributed by atoms with Gasteiger partial charge in [0.2, 0.25) is 10.0 Å². The monoisotopic (exact) mass is 433 g/mol. The van der Waals surface area contributed by atoms with Crippen molar-refractivity contribution in [1.29, 1.82) is 0 Å². The van der Waals surface area contributed by atoms with E-state index in [1.807, 2.05) is 44.2 Å². The molecule has 0 radical (unpaired) electrons. The Kier molecular flexibility index (Phi) is 7.30. The van der Waals surface area contributed by atoms with Gasteiger partial charge >= 0.3 is 6.03 Å². The number of hydrogen-bond donors (Lipinski definition) is 2. The van der Waals surface area contributed by atoms with Gasteiger partial charge in [0, 0.05) is 19.6 Å². The van der Waals surface area contributed by atoms with Crippen LogP contribution >= 0.6 is 0 Å². The van der Waals surface area contributed by atoms with E-state index in [-0.39, 0.29) is 24.5 Å². The first-order valence-electron chi connectivity index (χ1n) is 9.83. The first kappa shape index (κ1) is 22.1. The normalized spacial score (nSPS) is 19.8. The lowest BCUT2D eigenvalue weighted by atomic mass is 10.3. The van der Waals surface area contributed by atoms with E-state index in [2.05, 4.69) is 10.6 Å². The summed E-state index contributed by atoms with van der Waals surface area (Å²) in [7, 11) is -3.48. The molecule has 3 rings (SSSR count). The number of hydrogen-bond acceptors (Lipinski definition) is 5. The largest absolute Gasteiger partial charge is 0.455 e. The molecule has 162 valence electrons. The van der Waals surface area contributed by atoms with Crippen molar-refractivity contribution in [2.24, 2.45) is 0 Å². The summed E-state index contributed by atoms with van der Waals surface area (Å²) in [5.74, 6) is 0.956. The van der Waals surface area contributed by atoms with E-state index in [0.717, 1.165) is 0 Å². The Morgan fingerprint density at radius 2 is 1.70 bits per heavy atom. The minimum Gasteiger partial charge on any atom is -0.455 e. The SMILES string of the molecule is C[C@H]1CN(S(=O)(=O)CCNC(=O)Nc2ccccc2Oc2ccccc2)C[C@H](C)O1. The molecule has 0 unspecified atom stereocenters. The first-order valence-corrected chi connectivity index (χ1v) is 11.4. The molecule has 2 N–H and O–H groups in total. The van der Waals surface area contributed by atoms with Crippen LogP contribution < -0.4 is 15.4 Å². The average Bonchev–Trinajstić information content (AvgIpc) is 2.69. The zero-order chi connectivity index (χ0) is 21.6. The summed E-state index contributed by atoms with van der Waals surface area (Å²) in [4.78, 5) is 12.3. The van der Waals surface area contributed by atoms with Crippen LogP contribution in [-0.4, -0.2) is 56.3 Å². The Balaban J connectivity index is 1.53. The lowest BCUT2D eigenvalue weighted by molar-refractivity contribution is -0.0440. The van der Waals surface area contributed by atoms with Gasteiger partial charge in [-0.2, -0.15) is 4.31 Å². The molecule has 0 aromatic heterocycles. The predicted molar refractivity (Wildman–Crippen MR) is 115 cm³/mol. The maximum absolute atomic E-state index is 12.6. The van der Waals surface area contributed by atoms with Crippen LogP contribution in [0, 0.1) is 0 Å². The number of morpholine rings is 1. The third-order valence-corrected chi connectivity index (χ3v) is 6.34. The lowest BCUT2D eigenvalue weighted by Crippen LogP contribution is -2.49. The van der Waals surface area contributed by atoms with Gasteiger partial charge in [-0.05, 0) is 38.1 Å². The number of carbonyl (C=O) groups is 1. The molecule has 1 saturated heterocycles. The third kappa shape index (κ3) is 6.19. The summed E-state index contributed by atoms with van der Waals surface area (Å²) in [6, 6.07) is 15.8. The molecule has 0 spiro atoms. The van der Waals surface area contributed by atoms with Crippen molar-refractivity contribution in [3.63, 3.8) is 0 Å². The third-order valence-electron chi connectivity index (χ3n) is 4.53. The molecule has 1 heterocycles. The van der Waals surface area contributed by atoms with Crippen LogP contribution in [0.5, 0.6) is 11.5 Å². The van der Waals surface area contributed by atoms with Crippen LogP contribution in [0.3, 0.4) is 0 Å². The number of anilines is 1. The number of carbonyl (C=O) groups excluding carboxylic acids is 1. The van der Waals surface area contributed by atoms with Crippen molar-refractivity contribution in [3.05, 3.63) is 54.6 Å². The smallest absolute Gasteiger partial charge is 0.319 e. The van der Waals surface area contributed by atoms with Gasteiger partial charge in [0.15, 0.2) is 5.75 Å². The second-order valence-corrected chi connectivity index (χ2v) is 9.27. The number of nitrogens with zero attached hydrogens (tertiary/aromatic N) is 1. The summed E-state index contributed by atoms with van der Waals surface area (Å²) >= 11 is 0. The molecular weight excluding hydrogens is 406 g/mol. The molecule has 0 saturated carbocycles. The number of benzene rings is 2. The first-order chi connectivity index (χ1) is 14.3. The highest BCUT2D eigenvalue weighted by molar-refractivity contribution is 7.89. The van der Waals surface area contributed by atoms with Crippen LogP contribution in [0.2, 0.25) is 0 Å². The van der Waals surface area contributed by atoms with Crippen LogP contribution in [0.25, 0.3) is 0 Å². The van der Waals surface area contributed by atoms with Crippen molar-refractivity contribution < 1.29 is 22.7 Å². The van der Waals surface area contributed by atoms with Crippen molar-refractivity contribution in [1.82, 2.24) is 9.62 Å². The van der Waals surface area contributed by atoms with Gasteiger partial charge in [-0.25, -0.2) is 13.2 Å². The van der Waals surface area contributed by atoms with Gasteiger partial charge in [0.05, 0.1) is 23.6 Å². The minimum absolute atomic E-state index is 0.00397. The Labute approximate surface area is 177 Å². The van der Waals surface area contributed by atoms with Crippen molar-refractivity contribution in [2.75, 3.05) is 30.7 Å². The average molecular weight is 434 g/mol. The predicted octanol–water partition coefficient (Wildman–Crippen LogP) is 3.04. The van der Waals surface area contributed by atoms with Gasteiger partial charge in [-0.1, -0.05) is 30.3 Å². The molecule has 1 aliphatic rings. The van der Waals surface area contributed by atoms with E-state index in [4.69, 9.17) is 9.47 Å². The fourth-order valence-electron chi connectivity index (χ4n) is 3.22. The Hall–Kier alpha value is -2.62. The topological polar surface area (TPSA) is 97.0 Å². The number of sulfonamides is 1. The molecule has 30 heavy (non-hydrogen) atoms. The lowest BCUT2D eigenvalue weighted by Gasteiger charge is -2.34. The van der Waals surface area contributed by atoms with Gasteiger partial charge in [0.1, 0.15) is 5.75 Å². The second kappa shape index (κ2) is 9.92. The highest BCUT2D eigenvalue weighted by Crippen LogP contribution is 2.28. The molecule has 0 bridgehead atoms. The van der Waals surface area contributed by atoms with E-state index < -0.39 is 16.1 Å². The van der Waals surface area contributed by atoms with Crippen LogP contribution in [0.15, 0.2) is 54.6 Å². The molecule has 8 nitrogen and oxygen atoms in total. The molecule has 0 aliphatic carbocycles. The van der Waals surface area contributed by atoms with Crippen molar-refractivity contribution in [2.45, 2.75) is 26.1 Å². The maximum atomic E-state index is 12.6. The van der Waals surface area contributed by atoms with Gasteiger partial charge < -0.3 is 20.1 Å². The highest BCUT2D eigenvalue weighted by Gasteiger charge is 2.30. The number of urea groups is 1. The van der Waals surface area contributed by atoms with Crippen LogP contribution in [-0.2, 0) is 14.8 Å². The summed E-state index contributed by atoms with van der Waals surface area (Å²) in [5, 5.41) is 5.30. The molecule has 2 aromatic rings. The summed E-state index contributed by atoms with van der Waals surface area (Å²) in [6.45, 7) is 4.33. The van der Waals surface area contributed by atoms with Gasteiger partial charge in [-0.3, -0.25) is 0 Å². The number of ether oxygens (including phenoxy) is 2. The Morgan fingerprint density at radius 1 is 1.07 bits per heavy atom. The number of amides is 2. The Bertz CT molecular complexity index is 942. The van der Waals surface area contributed by atoms with Gasteiger partial charge in [-0.15, -0.1) is 0 Å².